The summed E-state index contributed by atoms with van der Waals surface area (Å²) in [5.74, 6) is 1.98. The Morgan fingerprint density at radius 1 is 0.544 bits per heavy atom. The van der Waals surface area contributed by atoms with Crippen molar-refractivity contribution in [1.82, 2.24) is 0 Å². The maximum atomic E-state index is 12.8. The van der Waals surface area contributed by atoms with Crippen molar-refractivity contribution in [3.63, 3.8) is 0 Å². The van der Waals surface area contributed by atoms with Crippen LogP contribution in [0.4, 0.5) is 9.59 Å². The van der Waals surface area contributed by atoms with Crippen LogP contribution in [-0.4, -0.2) is 58.8 Å². The molecule has 0 aromatic heterocycles. The van der Waals surface area contributed by atoms with E-state index in [0.717, 1.165) is 54.5 Å². The summed E-state index contributed by atoms with van der Waals surface area (Å²) < 4.78 is 45.6. The summed E-state index contributed by atoms with van der Waals surface area (Å²) in [7, 11) is -2.10. The summed E-state index contributed by atoms with van der Waals surface area (Å²) in [6, 6.07) is 30.9. The van der Waals surface area contributed by atoms with Crippen molar-refractivity contribution in [3.05, 3.63) is 113 Å². The zero-order valence-electron chi connectivity index (χ0n) is 35.5. The molecule has 57 heavy (non-hydrogen) atoms. The van der Waals surface area contributed by atoms with Crippen molar-refractivity contribution in [2.45, 2.75) is 96.3 Å². The van der Waals surface area contributed by atoms with Crippen molar-refractivity contribution < 1.29 is 46.2 Å². The van der Waals surface area contributed by atoms with Gasteiger partial charge in [0.1, 0.15) is 5.75 Å². The summed E-state index contributed by atoms with van der Waals surface area (Å²) in [4.78, 5) is 24.3. The molecule has 13 heteroatoms. The van der Waals surface area contributed by atoms with Crippen LogP contribution in [0.2, 0.25) is 51.4 Å². The number of benzene rings is 4. The first kappa shape index (κ1) is 45.3. The maximum absolute atomic E-state index is 12.8. The van der Waals surface area contributed by atoms with Gasteiger partial charge in [0.25, 0.3) is 0 Å². The van der Waals surface area contributed by atoms with Gasteiger partial charge in [0.05, 0.1) is 21.3 Å². The number of rotatable bonds is 19. The Morgan fingerprint density at radius 3 is 1.46 bits per heavy atom. The van der Waals surface area contributed by atoms with Crippen LogP contribution in [0.1, 0.15) is 48.9 Å². The van der Waals surface area contributed by atoms with Crippen LogP contribution in [0.5, 0.6) is 28.7 Å². The van der Waals surface area contributed by atoms with Gasteiger partial charge in [-0.2, -0.15) is 0 Å². The lowest BCUT2D eigenvalue weighted by Crippen LogP contribution is -2.52. The lowest BCUT2D eigenvalue weighted by Gasteiger charge is -2.39. The highest BCUT2D eigenvalue weighted by atomic mass is 28.5. The fourth-order valence-electron chi connectivity index (χ4n) is 7.09. The lowest BCUT2D eigenvalue weighted by atomic mass is 9.78. The Labute approximate surface area is 342 Å². The molecule has 0 spiro atoms. The third kappa shape index (κ3) is 13.9. The third-order valence-corrected chi connectivity index (χ3v) is 21.3. The largest absolute Gasteiger partial charge is 0.519 e. The first-order chi connectivity index (χ1) is 26.8. The smallest absolute Gasteiger partial charge is 0.493 e. The zero-order chi connectivity index (χ0) is 41.9. The molecule has 0 saturated heterocycles. The van der Waals surface area contributed by atoms with Gasteiger partial charge in [0.2, 0.25) is 0 Å². The number of carbonyl (C=O) groups is 2. The van der Waals surface area contributed by atoms with E-state index in [-0.39, 0.29) is 5.41 Å². The van der Waals surface area contributed by atoms with Crippen LogP contribution in [0.15, 0.2) is 91.0 Å². The van der Waals surface area contributed by atoms with Crippen molar-refractivity contribution >= 4 is 37.5 Å². The summed E-state index contributed by atoms with van der Waals surface area (Å²) in [6.07, 6.45) is 1.97. The number of aryl methyl sites for hydroxylation is 2. The number of carbonyl (C=O) groups excluding carboxylic acids is 2. The van der Waals surface area contributed by atoms with E-state index in [9.17, 15) is 9.59 Å². The van der Waals surface area contributed by atoms with Gasteiger partial charge in [0.15, 0.2) is 39.6 Å². The molecular weight excluding hydrogens is 773 g/mol. The monoisotopic (exact) mass is 832 g/mol. The van der Waals surface area contributed by atoms with E-state index >= 15 is 0 Å². The number of ether oxygens (including phenoxy) is 6. The molecule has 0 N–H and O–H groups in total. The van der Waals surface area contributed by atoms with Gasteiger partial charge in [-0.15, -0.1) is 0 Å². The average Bonchev–Trinajstić information content (AvgIpc) is 3.15. The van der Waals surface area contributed by atoms with Gasteiger partial charge in [-0.3, -0.25) is 0 Å². The predicted molar refractivity (Wildman–Crippen MR) is 232 cm³/mol. The van der Waals surface area contributed by atoms with Crippen LogP contribution < -0.4 is 23.7 Å². The van der Waals surface area contributed by atoms with E-state index < -0.39 is 37.5 Å². The molecule has 4 aromatic carbocycles. The minimum absolute atomic E-state index is 0.202. The molecule has 0 fully saturated rings. The lowest BCUT2D eigenvalue weighted by molar-refractivity contribution is 0.120. The summed E-state index contributed by atoms with van der Waals surface area (Å²) >= 11 is 0. The minimum atomic E-state index is -2.40. The van der Waals surface area contributed by atoms with Gasteiger partial charge >= 0.3 is 20.9 Å². The second-order valence-electron chi connectivity index (χ2n) is 16.3. The van der Waals surface area contributed by atoms with Crippen LogP contribution >= 0.6 is 0 Å². The number of hydrogen-bond acceptors (Lipinski definition) is 10. The van der Waals surface area contributed by atoms with Crippen molar-refractivity contribution in [3.8, 4) is 28.7 Å². The standard InChI is InChI=1S/C44H60O10Si3/c1-44(2,35-19-13-12-14-20-35)36-23-25-37(26-24-36)50-43(46)52-39-28-22-34(32-41(39)48-4)18-16-30-56(8,9)54-57(10,11)53-55(6,7)29-15-17-33-21-27-38(40(31-33)47-3)51-42(45)49-5/h12-14,19-28,31-32H,15-18,29-30H2,1-11H3. The van der Waals surface area contributed by atoms with Crippen LogP contribution in [0.3, 0.4) is 0 Å². The van der Waals surface area contributed by atoms with Gasteiger partial charge in [-0.05, 0) is 136 Å². The summed E-state index contributed by atoms with van der Waals surface area (Å²) in [6.45, 7) is 17.7. The Hall–Kier alpha value is -4.41. The Bertz CT molecular complexity index is 1930. The average molecular weight is 833 g/mol. The molecular formula is C44H60O10Si3. The molecule has 0 aliphatic heterocycles. The highest BCUT2D eigenvalue weighted by molar-refractivity contribution is 6.87. The van der Waals surface area contributed by atoms with Crippen LogP contribution in [-0.2, 0) is 31.2 Å². The third-order valence-electron chi connectivity index (χ3n) is 9.81. The summed E-state index contributed by atoms with van der Waals surface area (Å²) in [5, 5.41) is 0. The van der Waals surface area contributed by atoms with Crippen molar-refractivity contribution in [1.29, 1.82) is 0 Å². The maximum Gasteiger partial charge on any atom is 0.519 e. The van der Waals surface area contributed by atoms with Crippen LogP contribution in [0.25, 0.3) is 0 Å². The van der Waals surface area contributed by atoms with E-state index in [2.05, 4.69) is 70.0 Å². The molecule has 0 saturated carbocycles. The first-order valence-electron chi connectivity index (χ1n) is 19.4. The Morgan fingerprint density at radius 2 is 1.00 bits per heavy atom. The molecule has 4 aromatic rings. The molecule has 4 rings (SSSR count). The molecule has 0 atom stereocenters. The van der Waals surface area contributed by atoms with Gasteiger partial charge in [0, 0.05) is 5.41 Å². The van der Waals surface area contributed by atoms with Crippen LogP contribution in [0, 0.1) is 0 Å². The molecule has 0 amide bonds. The quantitative estimate of drug-likeness (QED) is 0.0515. The molecule has 0 aliphatic rings. The molecule has 0 bridgehead atoms. The first-order valence-corrected chi connectivity index (χ1v) is 28.5. The highest BCUT2D eigenvalue weighted by Gasteiger charge is 2.39. The topological polar surface area (TPSA) is 108 Å². The van der Waals surface area contributed by atoms with E-state index in [1.165, 1.54) is 12.7 Å². The number of hydrogen-bond donors (Lipinski definition) is 0. The Kier molecular flexibility index (Phi) is 15.8. The van der Waals surface area contributed by atoms with Gasteiger partial charge in [-0.1, -0.05) is 68.4 Å². The predicted octanol–water partition coefficient (Wildman–Crippen LogP) is 11.5. The van der Waals surface area contributed by atoms with E-state index in [0.29, 0.717) is 28.7 Å². The van der Waals surface area contributed by atoms with E-state index in [1.807, 2.05) is 54.6 Å². The van der Waals surface area contributed by atoms with E-state index in [1.54, 1.807) is 38.5 Å². The second kappa shape index (κ2) is 19.8. The molecule has 0 heterocycles. The zero-order valence-corrected chi connectivity index (χ0v) is 38.5. The normalized spacial score (nSPS) is 12.1. The van der Waals surface area contributed by atoms with Crippen molar-refractivity contribution in [2.24, 2.45) is 0 Å². The minimum Gasteiger partial charge on any atom is -0.493 e. The van der Waals surface area contributed by atoms with E-state index in [4.69, 9.17) is 31.9 Å². The summed E-state index contributed by atoms with van der Waals surface area (Å²) in [5.41, 5.74) is 4.28. The second-order valence-corrected chi connectivity index (χ2v) is 28.8. The van der Waals surface area contributed by atoms with Crippen molar-refractivity contribution in [2.75, 3.05) is 21.3 Å². The molecule has 308 valence electrons. The fourth-order valence-corrected chi connectivity index (χ4v) is 21.2. The molecule has 0 radical (unpaired) electrons. The fraction of sp³-hybridized carbons (Fsp3) is 0.409. The number of methoxy groups -OCH3 is 3. The molecule has 0 aliphatic carbocycles. The van der Waals surface area contributed by atoms with Gasteiger partial charge < -0.3 is 36.7 Å². The Balaban J connectivity index is 1.23. The molecule has 0 unspecified atom stereocenters. The molecule has 10 nitrogen and oxygen atoms in total. The SMILES string of the molecule is COC(=O)Oc1ccc(CCC[Si](C)(C)O[Si](C)(C)O[Si](C)(C)CCCc2ccc(OC(=O)Oc3ccc(C(C)(C)c4ccccc4)cc3)c(OC)c2)cc1OC. The van der Waals surface area contributed by atoms with Gasteiger partial charge in [-0.25, -0.2) is 9.59 Å². The highest BCUT2D eigenvalue weighted by Crippen LogP contribution is 2.34.